The van der Waals surface area contributed by atoms with E-state index in [-0.39, 0.29) is 37.0 Å². The average Bonchev–Trinajstić information content (AvgIpc) is 3.55. The number of ether oxygens (including phenoxy) is 2. The highest BCUT2D eigenvalue weighted by molar-refractivity contribution is 7.99. The molecule has 4 aromatic rings. The number of amides is 2. The van der Waals surface area contributed by atoms with E-state index in [4.69, 9.17) is 14.7 Å². The molecule has 0 bridgehead atoms. The molecule has 0 saturated carbocycles. The van der Waals surface area contributed by atoms with Gasteiger partial charge in [0.25, 0.3) is 0 Å². The number of carbonyl (C=O) groups is 2. The van der Waals surface area contributed by atoms with Crippen LogP contribution in [-0.4, -0.2) is 54.2 Å². The van der Waals surface area contributed by atoms with Gasteiger partial charge < -0.3 is 19.9 Å². The number of rotatable bonds is 16. The lowest BCUT2D eigenvalue weighted by Gasteiger charge is -2.36. The summed E-state index contributed by atoms with van der Waals surface area (Å²) < 4.78 is 14.7. The topological polar surface area (TPSA) is 161 Å². The molecular formula is C35H42N6O6S. The predicted molar refractivity (Wildman–Crippen MR) is 179 cm³/mol. The Morgan fingerprint density at radius 2 is 1.62 bits per heavy atom. The second-order valence-electron chi connectivity index (χ2n) is 11.8. The van der Waals surface area contributed by atoms with Crippen molar-refractivity contribution in [2.45, 2.75) is 81.8 Å². The molecule has 3 aromatic carbocycles. The van der Waals surface area contributed by atoms with E-state index < -0.39 is 6.29 Å². The number of thioether (sulfide) groups is 1. The van der Waals surface area contributed by atoms with Gasteiger partial charge in [0, 0.05) is 44.2 Å². The van der Waals surface area contributed by atoms with Crippen LogP contribution in [0, 0.1) is 0 Å². The van der Waals surface area contributed by atoms with Crippen LogP contribution >= 0.6 is 11.8 Å². The van der Waals surface area contributed by atoms with Crippen LogP contribution in [0.15, 0.2) is 78.0 Å². The SMILES string of the molecule is Cn1nnnc1SCC1CC(c2ccc(CO)cc2)OC(c2cccc(-c3cccc(CNC(=O)CCCCCCC(=O)NO)c3)c2)O1. The molecule has 254 valence electrons. The zero-order valence-corrected chi connectivity index (χ0v) is 27.8. The Balaban J connectivity index is 1.22. The van der Waals surface area contributed by atoms with Crippen LogP contribution in [0.3, 0.4) is 0 Å². The van der Waals surface area contributed by atoms with Gasteiger partial charge in [-0.2, -0.15) is 0 Å². The molecule has 2 heterocycles. The Morgan fingerprint density at radius 3 is 2.33 bits per heavy atom. The van der Waals surface area contributed by atoms with Crippen LogP contribution in [0.5, 0.6) is 0 Å². The molecule has 5 rings (SSSR count). The molecular weight excluding hydrogens is 632 g/mol. The molecule has 1 aromatic heterocycles. The normalized spacial score (nSPS) is 17.6. The summed E-state index contributed by atoms with van der Waals surface area (Å²) in [5.41, 5.74) is 7.42. The summed E-state index contributed by atoms with van der Waals surface area (Å²) in [6.07, 6.45) is 3.54. The molecule has 0 radical (unpaired) electrons. The molecule has 2 amide bonds. The van der Waals surface area contributed by atoms with Gasteiger partial charge in [-0.15, -0.1) is 5.10 Å². The van der Waals surface area contributed by atoms with Crippen molar-refractivity contribution in [3.05, 3.63) is 95.1 Å². The zero-order chi connectivity index (χ0) is 33.7. The van der Waals surface area contributed by atoms with Crippen LogP contribution in [-0.2, 0) is 39.3 Å². The van der Waals surface area contributed by atoms with Crippen molar-refractivity contribution in [3.8, 4) is 11.1 Å². The number of nitrogens with one attached hydrogen (secondary N) is 2. The summed E-state index contributed by atoms with van der Waals surface area (Å²) in [5, 5.41) is 33.5. The number of aliphatic hydroxyl groups excluding tert-OH is 1. The summed E-state index contributed by atoms with van der Waals surface area (Å²) >= 11 is 1.54. The highest BCUT2D eigenvalue weighted by Crippen LogP contribution is 2.40. The standard InChI is InChI=1S/C35H42N6O6S/c1-41-35(37-39-40-41)48-23-30-20-31(26-16-14-24(22-42)15-17-26)47-34(46-30)29-11-7-10-28(19-29)27-9-6-8-25(18-27)21-36-32(43)12-4-2-3-5-13-33(44)38-45/h6-11,14-19,30-31,34,42,45H,2-5,12-13,20-23H2,1H3,(H,36,43)(H,38,44). The van der Waals surface area contributed by atoms with Gasteiger partial charge >= 0.3 is 0 Å². The first-order valence-electron chi connectivity index (χ1n) is 16.2. The maximum Gasteiger partial charge on any atom is 0.243 e. The molecule has 3 atom stereocenters. The van der Waals surface area contributed by atoms with Crippen LogP contribution in [0.1, 0.15) is 79.6 Å². The van der Waals surface area contributed by atoms with Crippen molar-refractivity contribution in [3.63, 3.8) is 0 Å². The van der Waals surface area contributed by atoms with Crippen molar-refractivity contribution in [2.75, 3.05) is 5.75 Å². The minimum Gasteiger partial charge on any atom is -0.392 e. The molecule has 12 nitrogen and oxygen atoms in total. The molecule has 1 aliphatic heterocycles. The fourth-order valence-corrected chi connectivity index (χ4v) is 6.40. The number of aryl methyl sites for hydroxylation is 1. The lowest BCUT2D eigenvalue weighted by molar-refractivity contribution is -0.245. The number of tetrazole rings is 1. The summed E-state index contributed by atoms with van der Waals surface area (Å²) in [6.45, 7) is 0.411. The minimum atomic E-state index is -0.598. The molecule has 48 heavy (non-hydrogen) atoms. The van der Waals surface area contributed by atoms with Gasteiger partial charge in [0.05, 0.1) is 18.8 Å². The molecule has 3 unspecified atom stereocenters. The van der Waals surface area contributed by atoms with E-state index in [1.165, 1.54) is 0 Å². The number of unbranched alkanes of at least 4 members (excludes halogenated alkanes) is 3. The Bertz CT molecular complexity index is 1630. The van der Waals surface area contributed by atoms with E-state index in [1.807, 2.05) is 67.7 Å². The number of benzene rings is 3. The van der Waals surface area contributed by atoms with E-state index in [2.05, 4.69) is 33.0 Å². The number of aliphatic hydroxyl groups is 1. The van der Waals surface area contributed by atoms with E-state index in [0.29, 0.717) is 36.7 Å². The Hall–Kier alpha value is -4.14. The van der Waals surface area contributed by atoms with Crippen LogP contribution in [0.25, 0.3) is 11.1 Å². The first kappa shape index (κ1) is 35.2. The molecule has 1 saturated heterocycles. The van der Waals surface area contributed by atoms with Gasteiger partial charge in [0.1, 0.15) is 0 Å². The maximum atomic E-state index is 12.4. The third-order valence-electron chi connectivity index (χ3n) is 8.19. The fourth-order valence-electron chi connectivity index (χ4n) is 5.53. The maximum absolute atomic E-state index is 12.4. The number of hydroxylamine groups is 1. The molecule has 4 N–H and O–H groups in total. The smallest absolute Gasteiger partial charge is 0.243 e. The monoisotopic (exact) mass is 674 g/mol. The predicted octanol–water partition coefficient (Wildman–Crippen LogP) is 5.17. The number of nitrogens with zero attached hydrogens (tertiary/aromatic N) is 4. The highest BCUT2D eigenvalue weighted by Gasteiger charge is 2.32. The van der Waals surface area contributed by atoms with Crippen molar-refractivity contribution in [1.82, 2.24) is 31.0 Å². The lowest BCUT2D eigenvalue weighted by atomic mass is 9.99. The second-order valence-corrected chi connectivity index (χ2v) is 12.8. The van der Waals surface area contributed by atoms with Crippen molar-refractivity contribution < 1.29 is 29.4 Å². The number of aromatic nitrogens is 4. The van der Waals surface area contributed by atoms with Gasteiger partial charge in [-0.05, 0) is 63.2 Å². The molecule has 0 aliphatic carbocycles. The van der Waals surface area contributed by atoms with E-state index in [9.17, 15) is 14.7 Å². The lowest BCUT2D eigenvalue weighted by Crippen LogP contribution is -2.31. The van der Waals surface area contributed by atoms with Gasteiger partial charge in [0.2, 0.25) is 17.0 Å². The number of carbonyl (C=O) groups excluding carboxylic acids is 2. The third-order valence-corrected chi connectivity index (χ3v) is 9.33. The summed E-state index contributed by atoms with van der Waals surface area (Å²) in [4.78, 5) is 23.5. The largest absolute Gasteiger partial charge is 0.392 e. The van der Waals surface area contributed by atoms with Gasteiger partial charge in [-0.25, -0.2) is 10.2 Å². The van der Waals surface area contributed by atoms with Gasteiger partial charge in [0.15, 0.2) is 6.29 Å². The Kier molecular flexibility index (Phi) is 13.1. The quantitative estimate of drug-likeness (QED) is 0.0540. The Morgan fingerprint density at radius 1 is 0.896 bits per heavy atom. The molecule has 1 aliphatic rings. The van der Waals surface area contributed by atoms with Gasteiger partial charge in [-0.1, -0.05) is 85.3 Å². The van der Waals surface area contributed by atoms with Crippen molar-refractivity contribution in [2.24, 2.45) is 7.05 Å². The van der Waals surface area contributed by atoms with Crippen LogP contribution < -0.4 is 10.8 Å². The summed E-state index contributed by atoms with van der Waals surface area (Å²) in [5.74, 6) is 0.255. The summed E-state index contributed by atoms with van der Waals surface area (Å²) in [6, 6.07) is 24.1. The molecule has 1 fully saturated rings. The summed E-state index contributed by atoms with van der Waals surface area (Å²) in [7, 11) is 1.81. The fraction of sp³-hybridized carbons (Fsp3) is 0.400. The Labute approximate surface area is 284 Å². The third kappa shape index (κ3) is 10.2. The van der Waals surface area contributed by atoms with Crippen molar-refractivity contribution in [1.29, 1.82) is 0 Å². The zero-order valence-electron chi connectivity index (χ0n) is 27.0. The van der Waals surface area contributed by atoms with Gasteiger partial charge in [-0.3, -0.25) is 14.8 Å². The van der Waals surface area contributed by atoms with Crippen LogP contribution in [0.2, 0.25) is 0 Å². The second kappa shape index (κ2) is 17.9. The van der Waals surface area contributed by atoms with E-state index in [1.54, 1.807) is 21.9 Å². The minimum absolute atomic E-state index is 0.00851. The van der Waals surface area contributed by atoms with E-state index in [0.717, 1.165) is 52.6 Å². The van der Waals surface area contributed by atoms with E-state index >= 15 is 0 Å². The molecule has 0 spiro atoms. The first-order valence-corrected chi connectivity index (χ1v) is 17.1. The number of hydrogen-bond donors (Lipinski definition) is 4. The molecule has 13 heteroatoms. The van der Waals surface area contributed by atoms with Crippen LogP contribution in [0.4, 0.5) is 0 Å². The highest BCUT2D eigenvalue weighted by atomic mass is 32.2. The first-order chi connectivity index (χ1) is 23.4. The van der Waals surface area contributed by atoms with Crippen molar-refractivity contribution >= 4 is 23.6 Å². The average molecular weight is 675 g/mol. The number of hydrogen-bond acceptors (Lipinski definition) is 10.